The lowest BCUT2D eigenvalue weighted by atomic mass is 9.88. The fourth-order valence-corrected chi connectivity index (χ4v) is 2.67. The number of unbranched alkanes of at least 4 members (excludes halogenated alkanes) is 1. The second kappa shape index (κ2) is 10.8. The molecule has 0 radical (unpaired) electrons. The lowest BCUT2D eigenvalue weighted by Crippen LogP contribution is -2.26. The van der Waals surface area contributed by atoms with E-state index < -0.39 is 0 Å². The van der Waals surface area contributed by atoms with Gasteiger partial charge in [-0.05, 0) is 37.4 Å². The first kappa shape index (κ1) is 20.2. The molecule has 1 amide bonds. The van der Waals surface area contributed by atoms with Gasteiger partial charge in [-0.3, -0.25) is 4.79 Å². The van der Waals surface area contributed by atoms with E-state index in [-0.39, 0.29) is 24.2 Å². The van der Waals surface area contributed by atoms with Crippen LogP contribution >= 0.6 is 12.4 Å². The number of nitrogens with one attached hydrogen (secondary N) is 1. The zero-order chi connectivity index (χ0) is 16.5. The normalized spacial score (nSPS) is 11.4. The van der Waals surface area contributed by atoms with Crippen LogP contribution in [0.15, 0.2) is 54.6 Å². The largest absolute Gasteiger partial charge is 0.356 e. The number of hydrogen-bond donors (Lipinski definition) is 2. The first-order valence-electron chi connectivity index (χ1n) is 8.29. The van der Waals surface area contributed by atoms with Crippen LogP contribution in [0.1, 0.15) is 41.9 Å². The molecule has 0 aromatic heterocycles. The van der Waals surface area contributed by atoms with Crippen molar-refractivity contribution >= 4 is 18.3 Å². The van der Waals surface area contributed by atoms with Crippen molar-refractivity contribution in [3.63, 3.8) is 0 Å². The molecule has 2 rings (SSSR count). The summed E-state index contributed by atoms with van der Waals surface area (Å²) in [7, 11) is 0. The van der Waals surface area contributed by atoms with E-state index in [1.807, 2.05) is 18.2 Å². The summed E-state index contributed by atoms with van der Waals surface area (Å²) in [6.45, 7) is 3.45. The quantitative estimate of drug-likeness (QED) is 0.714. The number of nitrogens with two attached hydrogens (primary N) is 1. The van der Waals surface area contributed by atoms with E-state index in [1.165, 1.54) is 16.7 Å². The average molecular weight is 347 g/mol. The Hall–Kier alpha value is -1.84. The molecule has 2 aromatic rings. The molecule has 2 aromatic carbocycles. The lowest BCUT2D eigenvalue weighted by Gasteiger charge is -2.18. The fraction of sp³-hybridized carbons (Fsp3) is 0.350. The number of benzene rings is 2. The first-order valence-corrected chi connectivity index (χ1v) is 8.29. The van der Waals surface area contributed by atoms with Crippen molar-refractivity contribution in [2.24, 2.45) is 5.73 Å². The van der Waals surface area contributed by atoms with Gasteiger partial charge in [0, 0.05) is 18.9 Å². The van der Waals surface area contributed by atoms with Gasteiger partial charge in [0.25, 0.3) is 0 Å². The molecule has 0 fully saturated rings. The maximum atomic E-state index is 12.3. The maximum absolute atomic E-state index is 12.3. The summed E-state index contributed by atoms with van der Waals surface area (Å²) in [5.74, 6) is 0.183. The summed E-state index contributed by atoms with van der Waals surface area (Å²) >= 11 is 0. The van der Waals surface area contributed by atoms with E-state index in [9.17, 15) is 4.79 Å². The first-order chi connectivity index (χ1) is 11.2. The molecule has 0 aliphatic rings. The average Bonchev–Trinajstić information content (AvgIpc) is 2.58. The maximum Gasteiger partial charge on any atom is 0.220 e. The van der Waals surface area contributed by atoms with E-state index in [0.717, 1.165) is 12.8 Å². The Balaban J connectivity index is 0.00000288. The Kier molecular flexibility index (Phi) is 9.13. The van der Waals surface area contributed by atoms with Gasteiger partial charge in [0.2, 0.25) is 5.91 Å². The van der Waals surface area contributed by atoms with Crippen LogP contribution in [0.2, 0.25) is 0 Å². The second-order valence-electron chi connectivity index (χ2n) is 5.92. The molecule has 4 heteroatoms. The topological polar surface area (TPSA) is 55.1 Å². The van der Waals surface area contributed by atoms with Crippen LogP contribution in [0, 0.1) is 6.92 Å². The Labute approximate surface area is 151 Å². The molecule has 0 bridgehead atoms. The van der Waals surface area contributed by atoms with Crippen molar-refractivity contribution in [1.82, 2.24) is 5.32 Å². The van der Waals surface area contributed by atoms with Gasteiger partial charge in [0.05, 0.1) is 0 Å². The summed E-state index contributed by atoms with van der Waals surface area (Å²) in [5.41, 5.74) is 9.06. The van der Waals surface area contributed by atoms with Gasteiger partial charge in [0.15, 0.2) is 0 Å². The number of halogens is 1. The third kappa shape index (κ3) is 6.34. The standard InChI is InChI=1S/C20H26N2O.ClH/c1-16-9-11-18(12-10-16)19(17-7-3-2-4-8-17)15-20(23)22-14-6-5-13-21;/h2-4,7-12,19H,5-6,13-15,21H2,1H3,(H,22,23);1H. The van der Waals surface area contributed by atoms with Gasteiger partial charge >= 0.3 is 0 Å². The lowest BCUT2D eigenvalue weighted by molar-refractivity contribution is -0.121. The van der Waals surface area contributed by atoms with Gasteiger partial charge < -0.3 is 11.1 Å². The number of carbonyl (C=O) groups is 1. The van der Waals surface area contributed by atoms with Crippen LogP contribution < -0.4 is 11.1 Å². The van der Waals surface area contributed by atoms with E-state index in [1.54, 1.807) is 0 Å². The highest BCUT2D eigenvalue weighted by molar-refractivity contribution is 5.85. The fourth-order valence-electron chi connectivity index (χ4n) is 2.67. The number of rotatable bonds is 8. The number of hydrogen-bond acceptors (Lipinski definition) is 2. The third-order valence-corrected chi connectivity index (χ3v) is 4.02. The summed E-state index contributed by atoms with van der Waals surface area (Å²) in [5, 5.41) is 3.00. The van der Waals surface area contributed by atoms with Crippen LogP contribution in [0.5, 0.6) is 0 Å². The monoisotopic (exact) mass is 346 g/mol. The van der Waals surface area contributed by atoms with Crippen molar-refractivity contribution in [1.29, 1.82) is 0 Å². The Morgan fingerprint density at radius 1 is 1.00 bits per heavy atom. The predicted octanol–water partition coefficient (Wildman–Crippen LogP) is 3.79. The van der Waals surface area contributed by atoms with Crippen LogP contribution in [0.3, 0.4) is 0 Å². The Morgan fingerprint density at radius 3 is 2.25 bits per heavy atom. The summed E-state index contributed by atoms with van der Waals surface area (Å²) in [4.78, 5) is 12.3. The minimum absolute atomic E-state index is 0. The van der Waals surface area contributed by atoms with Crippen LogP contribution in [-0.2, 0) is 4.79 Å². The summed E-state index contributed by atoms with van der Waals surface area (Å²) < 4.78 is 0. The molecular formula is C20H27ClN2O. The Morgan fingerprint density at radius 2 is 1.62 bits per heavy atom. The molecule has 130 valence electrons. The van der Waals surface area contributed by atoms with E-state index >= 15 is 0 Å². The van der Waals surface area contributed by atoms with Gasteiger partial charge in [-0.25, -0.2) is 0 Å². The summed E-state index contributed by atoms with van der Waals surface area (Å²) in [6, 6.07) is 18.7. The molecule has 0 saturated carbocycles. The smallest absolute Gasteiger partial charge is 0.220 e. The van der Waals surface area contributed by atoms with Gasteiger partial charge in [0.1, 0.15) is 0 Å². The van der Waals surface area contributed by atoms with Crippen LogP contribution in [0.4, 0.5) is 0 Å². The van der Waals surface area contributed by atoms with E-state index in [4.69, 9.17) is 5.73 Å². The zero-order valence-electron chi connectivity index (χ0n) is 14.2. The molecule has 1 atom stereocenters. The number of aryl methyl sites for hydroxylation is 1. The zero-order valence-corrected chi connectivity index (χ0v) is 15.0. The summed E-state index contributed by atoms with van der Waals surface area (Å²) in [6.07, 6.45) is 2.35. The van der Waals surface area contributed by atoms with E-state index in [0.29, 0.717) is 19.5 Å². The minimum Gasteiger partial charge on any atom is -0.356 e. The third-order valence-electron chi connectivity index (χ3n) is 4.02. The van der Waals surface area contributed by atoms with Crippen molar-refractivity contribution in [2.75, 3.05) is 13.1 Å². The van der Waals surface area contributed by atoms with Crippen molar-refractivity contribution in [3.05, 3.63) is 71.3 Å². The molecule has 24 heavy (non-hydrogen) atoms. The molecule has 3 nitrogen and oxygen atoms in total. The Bertz CT molecular complexity index is 599. The van der Waals surface area contributed by atoms with Gasteiger partial charge in [-0.2, -0.15) is 0 Å². The molecule has 0 spiro atoms. The second-order valence-corrected chi connectivity index (χ2v) is 5.92. The molecule has 0 aliphatic carbocycles. The van der Waals surface area contributed by atoms with E-state index in [2.05, 4.69) is 48.6 Å². The van der Waals surface area contributed by atoms with Crippen LogP contribution in [0.25, 0.3) is 0 Å². The van der Waals surface area contributed by atoms with Crippen molar-refractivity contribution in [2.45, 2.75) is 32.1 Å². The molecule has 1 unspecified atom stereocenters. The highest BCUT2D eigenvalue weighted by atomic mass is 35.5. The molecule has 3 N–H and O–H groups in total. The predicted molar refractivity (Wildman–Crippen MR) is 103 cm³/mol. The molecule has 0 heterocycles. The highest BCUT2D eigenvalue weighted by Crippen LogP contribution is 2.28. The van der Waals surface area contributed by atoms with Gasteiger partial charge in [-0.15, -0.1) is 12.4 Å². The molecule has 0 aliphatic heterocycles. The number of amides is 1. The molecule has 0 saturated heterocycles. The minimum atomic E-state index is 0. The SMILES string of the molecule is Cc1ccc(C(CC(=O)NCCCCN)c2ccccc2)cc1.Cl. The van der Waals surface area contributed by atoms with Crippen molar-refractivity contribution < 1.29 is 4.79 Å². The highest BCUT2D eigenvalue weighted by Gasteiger charge is 2.17. The van der Waals surface area contributed by atoms with Gasteiger partial charge in [-0.1, -0.05) is 60.2 Å². The number of carbonyl (C=O) groups excluding carboxylic acids is 1. The van der Waals surface area contributed by atoms with Crippen LogP contribution in [-0.4, -0.2) is 19.0 Å². The van der Waals surface area contributed by atoms with Crippen molar-refractivity contribution in [3.8, 4) is 0 Å². The molecular weight excluding hydrogens is 320 g/mol.